The molecule has 2 atom stereocenters. The van der Waals surface area contributed by atoms with Crippen LogP contribution in [0.25, 0.3) is 0 Å². The molecule has 2 fully saturated rings. The van der Waals surface area contributed by atoms with E-state index in [-0.39, 0.29) is 0 Å². The predicted molar refractivity (Wildman–Crippen MR) is 74.3 cm³/mol. The first-order chi connectivity index (χ1) is 8.11. The molecule has 2 nitrogen and oxygen atoms in total. The minimum Gasteiger partial charge on any atom is -0.314 e. The molecule has 1 aliphatic carbocycles. The van der Waals surface area contributed by atoms with Gasteiger partial charge in [0.2, 0.25) is 0 Å². The van der Waals surface area contributed by atoms with E-state index in [1.165, 1.54) is 51.7 Å². The van der Waals surface area contributed by atoms with Gasteiger partial charge in [0.1, 0.15) is 0 Å². The molecule has 1 aliphatic heterocycles. The van der Waals surface area contributed by atoms with Crippen LogP contribution < -0.4 is 5.32 Å². The van der Waals surface area contributed by atoms with Crippen molar-refractivity contribution in [1.29, 1.82) is 0 Å². The highest BCUT2D eigenvalue weighted by Crippen LogP contribution is 2.32. The normalized spacial score (nSPS) is 34.1. The average molecular weight is 238 g/mol. The summed E-state index contributed by atoms with van der Waals surface area (Å²) < 4.78 is 0. The second-order valence-corrected chi connectivity index (χ2v) is 6.86. The lowest BCUT2D eigenvalue weighted by Crippen LogP contribution is -2.44. The first kappa shape index (κ1) is 13.4. The van der Waals surface area contributed by atoms with Gasteiger partial charge in [-0.1, -0.05) is 33.6 Å². The van der Waals surface area contributed by atoms with Crippen LogP contribution in [0.2, 0.25) is 0 Å². The lowest BCUT2D eigenvalue weighted by atomic mass is 9.84. The maximum absolute atomic E-state index is 3.70. The van der Waals surface area contributed by atoms with Gasteiger partial charge in [-0.25, -0.2) is 0 Å². The standard InChI is InChI=1S/C15H30N2/c1-4-16-14-8-6-5-7-13(14)11-17-10-9-15(2,3)12-17/h13-14,16H,4-12H2,1-3H3. The molecule has 2 rings (SSSR count). The lowest BCUT2D eigenvalue weighted by Gasteiger charge is -2.35. The molecule has 0 amide bonds. The first-order valence-electron chi connectivity index (χ1n) is 7.56. The second kappa shape index (κ2) is 5.71. The van der Waals surface area contributed by atoms with E-state index < -0.39 is 0 Å². The average Bonchev–Trinajstić information content (AvgIpc) is 2.61. The maximum Gasteiger partial charge on any atom is 0.0107 e. The van der Waals surface area contributed by atoms with Gasteiger partial charge in [0.15, 0.2) is 0 Å². The molecule has 2 heteroatoms. The minimum atomic E-state index is 0.558. The topological polar surface area (TPSA) is 15.3 Å². The van der Waals surface area contributed by atoms with E-state index >= 15 is 0 Å². The van der Waals surface area contributed by atoms with Crippen LogP contribution in [-0.4, -0.2) is 37.1 Å². The third kappa shape index (κ3) is 3.69. The Bertz CT molecular complexity index is 235. The third-order valence-corrected chi connectivity index (χ3v) is 4.62. The largest absolute Gasteiger partial charge is 0.314 e. The molecule has 0 bridgehead atoms. The van der Waals surface area contributed by atoms with Gasteiger partial charge < -0.3 is 10.2 Å². The number of likely N-dealkylation sites (tertiary alicyclic amines) is 1. The van der Waals surface area contributed by atoms with Crippen molar-refractivity contribution in [3.63, 3.8) is 0 Å². The van der Waals surface area contributed by atoms with Crippen LogP contribution in [0.3, 0.4) is 0 Å². The Morgan fingerprint density at radius 1 is 1.24 bits per heavy atom. The summed E-state index contributed by atoms with van der Waals surface area (Å²) in [6.45, 7) is 12.2. The maximum atomic E-state index is 3.70. The molecule has 17 heavy (non-hydrogen) atoms. The van der Waals surface area contributed by atoms with E-state index in [1.807, 2.05) is 0 Å². The highest BCUT2D eigenvalue weighted by atomic mass is 15.2. The monoisotopic (exact) mass is 238 g/mol. The van der Waals surface area contributed by atoms with E-state index in [0.29, 0.717) is 5.41 Å². The van der Waals surface area contributed by atoms with Crippen molar-refractivity contribution in [1.82, 2.24) is 10.2 Å². The quantitative estimate of drug-likeness (QED) is 0.810. The summed E-state index contributed by atoms with van der Waals surface area (Å²) in [6, 6.07) is 0.789. The van der Waals surface area contributed by atoms with Crippen LogP contribution in [0.4, 0.5) is 0 Å². The molecule has 2 aliphatic rings. The summed E-state index contributed by atoms with van der Waals surface area (Å²) >= 11 is 0. The molecule has 1 heterocycles. The molecular weight excluding hydrogens is 208 g/mol. The Morgan fingerprint density at radius 2 is 2.00 bits per heavy atom. The molecule has 0 aromatic rings. The van der Waals surface area contributed by atoms with Crippen LogP contribution in [0.15, 0.2) is 0 Å². The van der Waals surface area contributed by atoms with E-state index in [1.54, 1.807) is 0 Å². The Morgan fingerprint density at radius 3 is 2.65 bits per heavy atom. The third-order valence-electron chi connectivity index (χ3n) is 4.62. The zero-order valence-corrected chi connectivity index (χ0v) is 12.0. The fraction of sp³-hybridized carbons (Fsp3) is 1.00. The fourth-order valence-electron chi connectivity index (χ4n) is 3.67. The Hall–Kier alpha value is -0.0800. The smallest absolute Gasteiger partial charge is 0.0107 e. The van der Waals surface area contributed by atoms with Crippen molar-refractivity contribution in [2.45, 2.75) is 58.9 Å². The van der Waals surface area contributed by atoms with Crippen molar-refractivity contribution in [3.05, 3.63) is 0 Å². The highest BCUT2D eigenvalue weighted by Gasteiger charge is 2.32. The molecule has 1 saturated heterocycles. The van der Waals surface area contributed by atoms with Crippen molar-refractivity contribution in [2.24, 2.45) is 11.3 Å². The van der Waals surface area contributed by atoms with Gasteiger partial charge in [0.05, 0.1) is 0 Å². The molecule has 0 radical (unpaired) electrons. The number of hydrogen-bond acceptors (Lipinski definition) is 2. The van der Waals surface area contributed by atoms with Crippen molar-refractivity contribution < 1.29 is 0 Å². The number of hydrogen-bond donors (Lipinski definition) is 1. The number of nitrogens with one attached hydrogen (secondary N) is 1. The molecule has 100 valence electrons. The van der Waals surface area contributed by atoms with Gasteiger partial charge in [-0.2, -0.15) is 0 Å². The van der Waals surface area contributed by atoms with Gasteiger partial charge >= 0.3 is 0 Å². The Labute approximate surface area is 107 Å². The molecule has 0 spiro atoms. The van der Waals surface area contributed by atoms with Gasteiger partial charge in [-0.3, -0.25) is 0 Å². The van der Waals surface area contributed by atoms with E-state index in [9.17, 15) is 0 Å². The fourth-order valence-corrected chi connectivity index (χ4v) is 3.67. The molecule has 1 N–H and O–H groups in total. The van der Waals surface area contributed by atoms with E-state index in [4.69, 9.17) is 0 Å². The molecule has 1 saturated carbocycles. The summed E-state index contributed by atoms with van der Waals surface area (Å²) in [5.74, 6) is 0.901. The van der Waals surface area contributed by atoms with Crippen LogP contribution in [0.5, 0.6) is 0 Å². The van der Waals surface area contributed by atoms with E-state index in [2.05, 4.69) is 31.0 Å². The predicted octanol–water partition coefficient (Wildman–Crippen LogP) is 2.89. The van der Waals surface area contributed by atoms with Gasteiger partial charge in [-0.15, -0.1) is 0 Å². The second-order valence-electron chi connectivity index (χ2n) is 6.86. The number of nitrogens with zero attached hydrogens (tertiary/aromatic N) is 1. The summed E-state index contributed by atoms with van der Waals surface area (Å²) in [4.78, 5) is 2.71. The molecule has 0 aromatic heterocycles. The molecule has 0 aromatic carbocycles. The van der Waals surface area contributed by atoms with Crippen LogP contribution >= 0.6 is 0 Å². The van der Waals surface area contributed by atoms with E-state index in [0.717, 1.165) is 18.5 Å². The van der Waals surface area contributed by atoms with Crippen LogP contribution in [0.1, 0.15) is 52.9 Å². The minimum absolute atomic E-state index is 0.558. The zero-order chi connectivity index (χ0) is 12.3. The Balaban J connectivity index is 1.84. The summed E-state index contributed by atoms with van der Waals surface area (Å²) in [6.07, 6.45) is 7.10. The number of rotatable bonds is 4. The summed E-state index contributed by atoms with van der Waals surface area (Å²) in [5.41, 5.74) is 0.558. The van der Waals surface area contributed by atoms with Gasteiger partial charge in [0, 0.05) is 19.1 Å². The first-order valence-corrected chi connectivity index (χ1v) is 7.56. The highest BCUT2D eigenvalue weighted by molar-refractivity contribution is 4.88. The van der Waals surface area contributed by atoms with Crippen LogP contribution in [0, 0.1) is 11.3 Å². The van der Waals surface area contributed by atoms with Crippen molar-refractivity contribution in [3.8, 4) is 0 Å². The summed E-state index contributed by atoms with van der Waals surface area (Å²) in [7, 11) is 0. The SMILES string of the molecule is CCNC1CCCCC1CN1CCC(C)(C)C1. The van der Waals surface area contributed by atoms with Crippen molar-refractivity contribution >= 4 is 0 Å². The lowest BCUT2D eigenvalue weighted by molar-refractivity contribution is 0.180. The van der Waals surface area contributed by atoms with Gasteiger partial charge in [-0.05, 0) is 43.7 Å². The molecule has 2 unspecified atom stereocenters. The molecular formula is C15H30N2. The Kier molecular flexibility index (Phi) is 4.48. The van der Waals surface area contributed by atoms with Crippen LogP contribution in [-0.2, 0) is 0 Å². The van der Waals surface area contributed by atoms with Gasteiger partial charge in [0.25, 0.3) is 0 Å². The zero-order valence-electron chi connectivity index (χ0n) is 12.0. The summed E-state index contributed by atoms with van der Waals surface area (Å²) in [5, 5.41) is 3.70. The van der Waals surface area contributed by atoms with Crippen molar-refractivity contribution in [2.75, 3.05) is 26.2 Å².